The predicted octanol–water partition coefficient (Wildman–Crippen LogP) is 3.12. The minimum atomic E-state index is -1.13. The second kappa shape index (κ2) is 6.23. The van der Waals surface area contributed by atoms with E-state index in [1.807, 2.05) is 0 Å². The SMILES string of the molecule is O=C(C1=NO[C@@H]2C(=O)N(c3ccc(Cl)cc3)C(=O)[C@@H]12)c1ccc(Cl)cc1. The molecule has 1 fully saturated rings. The molecule has 2 aromatic carbocycles. The summed E-state index contributed by atoms with van der Waals surface area (Å²) in [6.45, 7) is 0. The lowest BCUT2D eigenvalue weighted by Crippen LogP contribution is -2.34. The van der Waals surface area contributed by atoms with Crippen LogP contribution in [0.25, 0.3) is 0 Å². The van der Waals surface area contributed by atoms with Crippen LogP contribution in [0.5, 0.6) is 0 Å². The van der Waals surface area contributed by atoms with Crippen molar-refractivity contribution in [2.75, 3.05) is 4.90 Å². The van der Waals surface area contributed by atoms with Crippen molar-refractivity contribution in [1.29, 1.82) is 0 Å². The van der Waals surface area contributed by atoms with E-state index >= 15 is 0 Å². The number of hydrogen-bond donors (Lipinski definition) is 0. The van der Waals surface area contributed by atoms with E-state index in [1.165, 1.54) is 12.1 Å². The van der Waals surface area contributed by atoms with Gasteiger partial charge in [0.2, 0.25) is 17.8 Å². The number of carbonyl (C=O) groups excluding carboxylic acids is 3. The molecule has 2 heterocycles. The number of amides is 2. The Bertz CT molecular complexity index is 954. The fourth-order valence-corrected chi connectivity index (χ4v) is 3.21. The van der Waals surface area contributed by atoms with Crippen LogP contribution in [0.2, 0.25) is 10.0 Å². The molecule has 2 aromatic rings. The maximum atomic E-state index is 12.8. The minimum absolute atomic E-state index is 0.0906. The lowest BCUT2D eigenvalue weighted by molar-refractivity contribution is -0.126. The first-order valence-corrected chi connectivity index (χ1v) is 8.40. The average Bonchev–Trinajstić information content (AvgIpc) is 3.17. The minimum Gasteiger partial charge on any atom is -0.381 e. The van der Waals surface area contributed by atoms with Gasteiger partial charge >= 0.3 is 0 Å². The van der Waals surface area contributed by atoms with Crippen molar-refractivity contribution in [2.24, 2.45) is 11.1 Å². The van der Waals surface area contributed by atoms with Crippen molar-refractivity contribution >= 4 is 52.2 Å². The molecule has 6 nitrogen and oxygen atoms in total. The number of ketones is 1. The summed E-state index contributed by atoms with van der Waals surface area (Å²) in [5, 5.41) is 4.66. The number of fused-ring (bicyclic) bond motifs is 1. The highest BCUT2D eigenvalue weighted by atomic mass is 35.5. The average molecular weight is 389 g/mol. The molecular formula is C18H10Cl2N2O4. The van der Waals surface area contributed by atoms with Crippen molar-refractivity contribution in [2.45, 2.75) is 6.10 Å². The van der Waals surface area contributed by atoms with Crippen LogP contribution in [-0.4, -0.2) is 29.4 Å². The number of anilines is 1. The quantitative estimate of drug-likeness (QED) is 0.597. The lowest BCUT2D eigenvalue weighted by Gasteiger charge is -2.15. The molecule has 0 radical (unpaired) electrons. The second-order valence-electron chi connectivity index (χ2n) is 5.80. The maximum Gasteiger partial charge on any atom is 0.278 e. The number of Topliss-reactive ketones (excluding diaryl/α,β-unsaturated/α-hetero) is 1. The Morgan fingerprint density at radius 2 is 1.50 bits per heavy atom. The Morgan fingerprint density at radius 3 is 2.12 bits per heavy atom. The van der Waals surface area contributed by atoms with Gasteiger partial charge in [-0.1, -0.05) is 28.4 Å². The van der Waals surface area contributed by atoms with Gasteiger partial charge in [-0.3, -0.25) is 14.4 Å². The number of imide groups is 1. The van der Waals surface area contributed by atoms with E-state index < -0.39 is 29.6 Å². The van der Waals surface area contributed by atoms with Crippen molar-refractivity contribution in [3.05, 3.63) is 64.1 Å². The van der Waals surface area contributed by atoms with E-state index in [0.29, 0.717) is 21.3 Å². The molecule has 4 rings (SSSR count). The van der Waals surface area contributed by atoms with E-state index in [-0.39, 0.29) is 5.71 Å². The normalized spacial score (nSPS) is 21.5. The fourth-order valence-electron chi connectivity index (χ4n) is 2.96. The smallest absolute Gasteiger partial charge is 0.278 e. The van der Waals surface area contributed by atoms with Gasteiger partial charge in [0.1, 0.15) is 11.6 Å². The summed E-state index contributed by atoms with van der Waals surface area (Å²) in [5.41, 5.74) is 0.579. The molecule has 130 valence electrons. The summed E-state index contributed by atoms with van der Waals surface area (Å²) in [4.78, 5) is 44.2. The Morgan fingerprint density at radius 1 is 0.923 bits per heavy atom. The number of rotatable bonds is 3. The first kappa shape index (κ1) is 16.8. The summed E-state index contributed by atoms with van der Waals surface area (Å²) in [5.74, 6) is -2.67. The van der Waals surface area contributed by atoms with Crippen LogP contribution in [0.3, 0.4) is 0 Å². The van der Waals surface area contributed by atoms with Crippen LogP contribution >= 0.6 is 23.2 Å². The summed E-state index contributed by atoms with van der Waals surface area (Å²) in [6, 6.07) is 12.4. The summed E-state index contributed by atoms with van der Waals surface area (Å²) in [7, 11) is 0. The van der Waals surface area contributed by atoms with Gasteiger partial charge in [-0.15, -0.1) is 0 Å². The van der Waals surface area contributed by atoms with Crippen LogP contribution in [0.15, 0.2) is 53.7 Å². The summed E-state index contributed by atoms with van der Waals surface area (Å²) in [6.07, 6.45) is -1.13. The zero-order valence-corrected chi connectivity index (χ0v) is 14.6. The van der Waals surface area contributed by atoms with Gasteiger partial charge in [0.15, 0.2) is 0 Å². The number of hydrogen-bond acceptors (Lipinski definition) is 5. The van der Waals surface area contributed by atoms with Crippen LogP contribution in [0, 0.1) is 5.92 Å². The molecule has 0 unspecified atom stereocenters. The maximum absolute atomic E-state index is 12.8. The Balaban J connectivity index is 1.65. The molecule has 8 heteroatoms. The van der Waals surface area contributed by atoms with Gasteiger partial charge in [-0.25, -0.2) is 4.90 Å². The van der Waals surface area contributed by atoms with E-state index in [1.54, 1.807) is 36.4 Å². The molecule has 2 aliphatic rings. The number of benzene rings is 2. The van der Waals surface area contributed by atoms with E-state index in [0.717, 1.165) is 4.90 Å². The lowest BCUT2D eigenvalue weighted by atomic mass is 9.93. The Hall–Kier alpha value is -2.70. The van der Waals surface area contributed by atoms with Crippen LogP contribution in [-0.2, 0) is 14.4 Å². The third-order valence-corrected chi connectivity index (χ3v) is 4.74. The number of nitrogens with zero attached hydrogens (tertiary/aromatic N) is 2. The zero-order valence-electron chi connectivity index (χ0n) is 13.1. The van der Waals surface area contributed by atoms with Crippen molar-refractivity contribution in [3.63, 3.8) is 0 Å². The van der Waals surface area contributed by atoms with Crippen LogP contribution in [0.1, 0.15) is 10.4 Å². The monoisotopic (exact) mass is 388 g/mol. The standard InChI is InChI=1S/C18H10Cl2N2O4/c19-10-3-1-9(2-4-10)15(23)14-13-16(26-21-14)18(25)22(17(13)24)12-7-5-11(20)6-8-12/h1-8,13,16H/t13-,16-/m0/s1. The molecule has 0 N–H and O–H groups in total. The molecular weight excluding hydrogens is 379 g/mol. The molecule has 0 aliphatic carbocycles. The molecule has 26 heavy (non-hydrogen) atoms. The molecule has 0 bridgehead atoms. The molecule has 0 aromatic heterocycles. The van der Waals surface area contributed by atoms with Gasteiger partial charge in [0.25, 0.3) is 5.91 Å². The Kier molecular flexibility index (Phi) is 4.01. The van der Waals surface area contributed by atoms with Gasteiger partial charge in [0, 0.05) is 15.6 Å². The fraction of sp³-hybridized carbons (Fsp3) is 0.111. The number of halogens is 2. The first-order chi connectivity index (χ1) is 12.5. The van der Waals surface area contributed by atoms with Gasteiger partial charge in [-0.05, 0) is 48.5 Å². The second-order valence-corrected chi connectivity index (χ2v) is 6.68. The topological polar surface area (TPSA) is 76.0 Å². The number of oxime groups is 1. The van der Waals surface area contributed by atoms with Crippen molar-refractivity contribution < 1.29 is 19.2 Å². The first-order valence-electron chi connectivity index (χ1n) is 7.65. The van der Waals surface area contributed by atoms with E-state index in [2.05, 4.69) is 5.16 Å². The van der Waals surface area contributed by atoms with Gasteiger partial charge in [0.05, 0.1) is 5.69 Å². The third kappa shape index (κ3) is 2.58. The highest BCUT2D eigenvalue weighted by Crippen LogP contribution is 2.34. The molecule has 2 atom stereocenters. The Labute approximate surface area is 157 Å². The number of carbonyl (C=O) groups is 3. The van der Waals surface area contributed by atoms with Gasteiger partial charge < -0.3 is 4.84 Å². The highest BCUT2D eigenvalue weighted by molar-refractivity contribution is 6.52. The van der Waals surface area contributed by atoms with Crippen molar-refractivity contribution in [1.82, 2.24) is 0 Å². The van der Waals surface area contributed by atoms with E-state index in [4.69, 9.17) is 28.0 Å². The molecule has 1 saturated heterocycles. The zero-order chi connectivity index (χ0) is 18.4. The summed E-state index contributed by atoms with van der Waals surface area (Å²) >= 11 is 11.7. The molecule has 0 spiro atoms. The van der Waals surface area contributed by atoms with Gasteiger partial charge in [-0.2, -0.15) is 0 Å². The predicted molar refractivity (Wildman–Crippen MR) is 95.5 cm³/mol. The highest BCUT2D eigenvalue weighted by Gasteiger charge is 2.57. The molecule has 2 aliphatic heterocycles. The van der Waals surface area contributed by atoms with Crippen LogP contribution in [0.4, 0.5) is 5.69 Å². The van der Waals surface area contributed by atoms with Crippen molar-refractivity contribution in [3.8, 4) is 0 Å². The third-order valence-electron chi connectivity index (χ3n) is 4.24. The molecule has 2 amide bonds. The largest absolute Gasteiger partial charge is 0.381 e. The van der Waals surface area contributed by atoms with E-state index in [9.17, 15) is 14.4 Å². The summed E-state index contributed by atoms with van der Waals surface area (Å²) < 4.78 is 0. The molecule has 0 saturated carbocycles. The van der Waals surface area contributed by atoms with Crippen LogP contribution < -0.4 is 4.90 Å².